The van der Waals surface area contributed by atoms with E-state index in [1.807, 2.05) is 72.8 Å². The molecule has 5 heteroatoms. The van der Waals surface area contributed by atoms with E-state index in [9.17, 15) is 4.79 Å². The molecule has 34 heavy (non-hydrogen) atoms. The lowest BCUT2D eigenvalue weighted by molar-refractivity contribution is 0.0608. The lowest BCUT2D eigenvalue weighted by Crippen LogP contribution is -2.40. The number of fused-ring (bicyclic) bond motifs is 1. The van der Waals surface area contributed by atoms with Gasteiger partial charge in [-0.1, -0.05) is 102 Å². The van der Waals surface area contributed by atoms with Crippen LogP contribution in [0.25, 0.3) is 10.8 Å². The molecule has 4 aromatic rings. The minimum absolute atomic E-state index is 0.160. The van der Waals surface area contributed by atoms with Crippen LogP contribution >= 0.6 is 0 Å². The maximum atomic E-state index is 13.5. The molecular formula is C29H27N3O2. The predicted octanol–water partition coefficient (Wildman–Crippen LogP) is 6.38. The van der Waals surface area contributed by atoms with E-state index in [4.69, 9.17) is 4.84 Å². The van der Waals surface area contributed by atoms with Crippen molar-refractivity contribution in [2.75, 3.05) is 11.9 Å². The van der Waals surface area contributed by atoms with Gasteiger partial charge in [0.05, 0.1) is 17.9 Å². The number of aryl methyl sites for hydroxylation is 1. The Kier molecular flexibility index (Phi) is 6.25. The van der Waals surface area contributed by atoms with Gasteiger partial charge in [-0.05, 0) is 29.5 Å². The third-order valence-electron chi connectivity index (χ3n) is 6.08. The molecule has 0 saturated heterocycles. The molecule has 5 rings (SSSR count). The van der Waals surface area contributed by atoms with Crippen LogP contribution in [0.2, 0.25) is 0 Å². The van der Waals surface area contributed by atoms with Gasteiger partial charge in [0.2, 0.25) is 0 Å². The Hall–Kier alpha value is -4.12. The number of anilines is 1. The van der Waals surface area contributed by atoms with Crippen molar-refractivity contribution in [3.05, 3.63) is 114 Å². The molecule has 2 amide bonds. The highest BCUT2D eigenvalue weighted by molar-refractivity contribution is 6.02. The number of hydrogen-bond donors (Lipinski definition) is 1. The third-order valence-corrected chi connectivity index (χ3v) is 6.08. The predicted molar refractivity (Wildman–Crippen MR) is 137 cm³/mol. The molecule has 0 saturated carbocycles. The number of carbonyl (C=O) groups excluding carboxylic acids is 1. The number of nitrogens with one attached hydrogen (secondary N) is 1. The van der Waals surface area contributed by atoms with E-state index >= 15 is 0 Å². The molecule has 1 N–H and O–H groups in total. The number of nitrogens with zero attached hydrogens (tertiary/aromatic N) is 2. The van der Waals surface area contributed by atoms with Crippen LogP contribution in [-0.2, 0) is 11.4 Å². The maximum absolute atomic E-state index is 13.5. The fraction of sp³-hybridized carbons (Fsp3) is 0.172. The van der Waals surface area contributed by atoms with E-state index in [0.29, 0.717) is 19.5 Å². The zero-order valence-electron chi connectivity index (χ0n) is 19.1. The Morgan fingerprint density at radius 2 is 1.68 bits per heavy atom. The van der Waals surface area contributed by atoms with E-state index < -0.39 is 0 Å². The summed E-state index contributed by atoms with van der Waals surface area (Å²) in [5, 5.41) is 9.54. The van der Waals surface area contributed by atoms with Gasteiger partial charge in [0.25, 0.3) is 0 Å². The van der Waals surface area contributed by atoms with Gasteiger partial charge >= 0.3 is 6.03 Å². The van der Waals surface area contributed by atoms with E-state index in [-0.39, 0.29) is 12.1 Å². The van der Waals surface area contributed by atoms with E-state index in [2.05, 4.69) is 41.7 Å². The summed E-state index contributed by atoms with van der Waals surface area (Å²) in [6, 6.07) is 32.1. The van der Waals surface area contributed by atoms with Gasteiger partial charge in [0.1, 0.15) is 0 Å². The zero-order valence-corrected chi connectivity index (χ0v) is 19.1. The monoisotopic (exact) mass is 449 g/mol. The average molecular weight is 450 g/mol. The Morgan fingerprint density at radius 1 is 0.941 bits per heavy atom. The van der Waals surface area contributed by atoms with E-state index in [1.165, 1.54) is 5.56 Å². The fourth-order valence-corrected chi connectivity index (χ4v) is 4.24. The summed E-state index contributed by atoms with van der Waals surface area (Å²) >= 11 is 0. The standard InChI is InChI=1S/C29H27N3O2/c1-21-14-16-24(17-15-21)28-18-25(34-31-28)20-32(19-22-8-3-2-4-9-22)29(33)30-27-13-7-11-23-10-5-6-12-26(23)27/h2-17,25H,18-20H2,1H3,(H,30,33). The molecule has 0 fully saturated rings. The van der Waals surface area contributed by atoms with Gasteiger partial charge < -0.3 is 15.1 Å². The van der Waals surface area contributed by atoms with Crippen LogP contribution in [-0.4, -0.2) is 29.3 Å². The minimum Gasteiger partial charge on any atom is -0.390 e. The highest BCUT2D eigenvalue weighted by atomic mass is 16.6. The first kappa shape index (κ1) is 21.7. The van der Waals surface area contributed by atoms with Crippen LogP contribution in [0.3, 0.4) is 0 Å². The van der Waals surface area contributed by atoms with Crippen molar-refractivity contribution in [3.8, 4) is 0 Å². The summed E-state index contributed by atoms with van der Waals surface area (Å²) in [5.41, 5.74) is 5.04. The number of amides is 2. The number of urea groups is 1. The molecule has 1 heterocycles. The number of rotatable bonds is 6. The second-order valence-corrected chi connectivity index (χ2v) is 8.66. The van der Waals surface area contributed by atoms with Crippen molar-refractivity contribution in [1.29, 1.82) is 0 Å². The first-order chi connectivity index (χ1) is 16.7. The topological polar surface area (TPSA) is 53.9 Å². The van der Waals surface area contributed by atoms with Crippen molar-refractivity contribution in [3.63, 3.8) is 0 Å². The molecule has 1 atom stereocenters. The summed E-state index contributed by atoms with van der Waals surface area (Å²) in [7, 11) is 0. The van der Waals surface area contributed by atoms with Gasteiger partial charge in [-0.2, -0.15) is 0 Å². The van der Waals surface area contributed by atoms with Gasteiger partial charge in [0.15, 0.2) is 6.10 Å². The highest BCUT2D eigenvalue weighted by Crippen LogP contribution is 2.24. The average Bonchev–Trinajstić information content (AvgIpc) is 3.33. The number of hydrogen-bond acceptors (Lipinski definition) is 3. The van der Waals surface area contributed by atoms with Crippen LogP contribution in [0.1, 0.15) is 23.1 Å². The SMILES string of the molecule is Cc1ccc(C2=NOC(CN(Cc3ccccc3)C(=O)Nc3cccc4ccccc34)C2)cc1. The van der Waals surface area contributed by atoms with Gasteiger partial charge in [-0.3, -0.25) is 0 Å². The van der Waals surface area contributed by atoms with Crippen LogP contribution in [0, 0.1) is 6.92 Å². The Balaban J connectivity index is 1.33. The first-order valence-electron chi connectivity index (χ1n) is 11.5. The molecule has 1 unspecified atom stereocenters. The van der Waals surface area contributed by atoms with Crippen LogP contribution in [0.15, 0.2) is 102 Å². The summed E-state index contributed by atoms with van der Waals surface area (Å²) in [4.78, 5) is 21.0. The third kappa shape index (κ3) is 4.94. The maximum Gasteiger partial charge on any atom is 0.322 e. The number of oxime groups is 1. The van der Waals surface area contributed by atoms with Crippen molar-refractivity contribution in [2.24, 2.45) is 5.16 Å². The molecule has 1 aliphatic heterocycles. The molecule has 4 aromatic carbocycles. The second-order valence-electron chi connectivity index (χ2n) is 8.66. The summed E-state index contributed by atoms with van der Waals surface area (Å²) in [6.45, 7) is 2.98. The quantitative estimate of drug-likeness (QED) is 0.372. The molecule has 0 spiro atoms. The van der Waals surface area contributed by atoms with Gasteiger partial charge in [0, 0.05) is 18.4 Å². The van der Waals surface area contributed by atoms with Gasteiger partial charge in [-0.15, -0.1) is 0 Å². The Bertz CT molecular complexity index is 1310. The lowest BCUT2D eigenvalue weighted by atomic mass is 10.0. The minimum atomic E-state index is -0.196. The molecule has 170 valence electrons. The summed E-state index contributed by atoms with van der Waals surface area (Å²) in [6.07, 6.45) is 0.467. The summed E-state index contributed by atoms with van der Waals surface area (Å²) < 4.78 is 0. The van der Waals surface area contributed by atoms with Crippen molar-refractivity contribution < 1.29 is 9.63 Å². The molecule has 0 aliphatic carbocycles. The van der Waals surface area contributed by atoms with Crippen molar-refractivity contribution in [2.45, 2.75) is 26.0 Å². The van der Waals surface area contributed by atoms with E-state index in [0.717, 1.165) is 33.3 Å². The van der Waals surface area contributed by atoms with E-state index in [1.54, 1.807) is 4.90 Å². The second kappa shape index (κ2) is 9.79. The van der Waals surface area contributed by atoms with Crippen LogP contribution in [0.4, 0.5) is 10.5 Å². The molecule has 5 nitrogen and oxygen atoms in total. The van der Waals surface area contributed by atoms with Crippen LogP contribution < -0.4 is 5.32 Å². The van der Waals surface area contributed by atoms with Crippen LogP contribution in [0.5, 0.6) is 0 Å². The molecule has 1 aliphatic rings. The lowest BCUT2D eigenvalue weighted by Gasteiger charge is -2.25. The van der Waals surface area contributed by atoms with Crippen molar-refractivity contribution >= 4 is 28.2 Å². The Morgan fingerprint density at radius 3 is 2.50 bits per heavy atom. The summed E-state index contributed by atoms with van der Waals surface area (Å²) in [5.74, 6) is 0. The normalized spacial score (nSPS) is 15.0. The molecule has 0 aromatic heterocycles. The fourth-order valence-electron chi connectivity index (χ4n) is 4.24. The molecule has 0 bridgehead atoms. The largest absolute Gasteiger partial charge is 0.390 e. The number of benzene rings is 4. The smallest absolute Gasteiger partial charge is 0.322 e. The Labute approximate surface area is 199 Å². The highest BCUT2D eigenvalue weighted by Gasteiger charge is 2.27. The van der Waals surface area contributed by atoms with Gasteiger partial charge in [-0.25, -0.2) is 4.79 Å². The van der Waals surface area contributed by atoms with Crippen molar-refractivity contribution in [1.82, 2.24) is 4.90 Å². The molecular weight excluding hydrogens is 422 g/mol. The zero-order chi connectivity index (χ0) is 23.3. The number of carbonyl (C=O) groups is 1. The molecule has 0 radical (unpaired) electrons. The first-order valence-corrected chi connectivity index (χ1v) is 11.5.